The Hall–Kier alpha value is -7.89. The molecule has 17 heteroatoms. The van der Waals surface area contributed by atoms with Gasteiger partial charge in [-0.1, -0.05) is 243 Å². The maximum atomic E-state index is 14.9. The van der Waals surface area contributed by atoms with Crippen molar-refractivity contribution in [2.24, 2.45) is 0 Å². The van der Waals surface area contributed by atoms with Crippen molar-refractivity contribution in [3.05, 3.63) is 312 Å². The van der Waals surface area contributed by atoms with Crippen LogP contribution in [0.3, 0.4) is 0 Å². The second-order valence-electron chi connectivity index (χ2n) is 24.0. The highest BCUT2D eigenvalue weighted by Crippen LogP contribution is 2.39. The topological polar surface area (TPSA) is 165 Å². The number of ether oxygens (including phenoxy) is 16. The van der Waals surface area contributed by atoms with E-state index in [2.05, 4.69) is 13.2 Å². The zero-order valence-electron chi connectivity index (χ0n) is 55.2. The van der Waals surface area contributed by atoms with E-state index in [0.717, 1.165) is 38.9 Å². The monoisotopic (exact) mass is 1330 g/mol. The van der Waals surface area contributed by atoms with Crippen LogP contribution in [0, 0.1) is 0 Å². The third-order valence-electron chi connectivity index (χ3n) is 17.0. The summed E-state index contributed by atoms with van der Waals surface area (Å²) in [6.07, 6.45) is -13.1. The van der Waals surface area contributed by atoms with Crippen molar-refractivity contribution in [1.29, 1.82) is 0 Å². The van der Waals surface area contributed by atoms with Gasteiger partial charge in [0.25, 0.3) is 0 Å². The molecule has 514 valence electrons. The molecule has 11 rings (SSSR count). The Morgan fingerprint density at radius 3 is 1.03 bits per heavy atom. The van der Waals surface area contributed by atoms with E-state index in [1.54, 1.807) is 36.4 Å². The lowest BCUT2D eigenvalue weighted by Crippen LogP contribution is -2.68. The fourth-order valence-electron chi connectivity index (χ4n) is 12.1. The van der Waals surface area contributed by atoms with E-state index in [9.17, 15) is 4.79 Å². The summed E-state index contributed by atoms with van der Waals surface area (Å²) < 4.78 is 112. The number of carbonyl (C=O) groups is 1. The molecule has 3 saturated heterocycles. The minimum atomic E-state index is -1.47. The van der Waals surface area contributed by atoms with E-state index in [1.807, 2.05) is 218 Å². The van der Waals surface area contributed by atoms with Gasteiger partial charge in [-0.25, -0.2) is 4.79 Å². The number of rotatable bonds is 37. The predicted molar refractivity (Wildman–Crippen MR) is 367 cm³/mol. The molecule has 8 aromatic rings. The van der Waals surface area contributed by atoms with Gasteiger partial charge in [0.2, 0.25) is 0 Å². The summed E-state index contributed by atoms with van der Waals surface area (Å²) in [6.45, 7) is 9.39. The third kappa shape index (κ3) is 20.6. The zero-order valence-corrected chi connectivity index (χ0v) is 55.2. The Balaban J connectivity index is 1.00. The summed E-state index contributed by atoms with van der Waals surface area (Å²) in [7, 11) is 1.52. The Morgan fingerprint density at radius 2 is 0.633 bits per heavy atom. The van der Waals surface area contributed by atoms with Gasteiger partial charge in [-0.2, -0.15) is 0 Å². The first kappa shape index (κ1) is 71.4. The first-order valence-corrected chi connectivity index (χ1v) is 33.4. The normalized spacial score (nSPS) is 25.5. The van der Waals surface area contributed by atoms with Crippen LogP contribution in [0.2, 0.25) is 0 Å². The van der Waals surface area contributed by atoms with Crippen LogP contribution in [-0.2, 0) is 122 Å². The second kappa shape index (κ2) is 38.5. The average molecular weight is 1330 g/mol. The van der Waals surface area contributed by atoms with Gasteiger partial charge in [-0.15, -0.1) is 13.2 Å². The summed E-state index contributed by atoms with van der Waals surface area (Å²) in [5.41, 5.74) is 6.69. The number of benzene rings is 8. The first-order valence-electron chi connectivity index (χ1n) is 33.4. The summed E-state index contributed by atoms with van der Waals surface area (Å²) >= 11 is 0. The average Bonchev–Trinajstić information content (AvgIpc) is 0.767. The van der Waals surface area contributed by atoms with Crippen LogP contribution < -0.4 is 0 Å². The lowest BCUT2D eigenvalue weighted by Gasteiger charge is -2.51. The highest BCUT2D eigenvalue weighted by Gasteiger charge is 2.58. The van der Waals surface area contributed by atoms with Gasteiger partial charge in [0.15, 0.2) is 25.0 Å². The van der Waals surface area contributed by atoms with Gasteiger partial charge in [0.05, 0.1) is 84.8 Å². The summed E-state index contributed by atoms with van der Waals surface area (Å²) in [4.78, 5) is 14.9. The molecule has 0 amide bonds. The molecule has 0 aromatic heterocycles. The van der Waals surface area contributed by atoms with Crippen molar-refractivity contribution < 1.29 is 80.6 Å². The lowest BCUT2D eigenvalue weighted by atomic mass is 9.95. The third-order valence-corrected chi connectivity index (χ3v) is 17.0. The molecule has 3 aliphatic rings. The molecular formula is C81H88O17. The van der Waals surface area contributed by atoms with Crippen molar-refractivity contribution in [3.8, 4) is 0 Å². The van der Waals surface area contributed by atoms with Gasteiger partial charge in [-0.3, -0.25) is 0 Å². The molecule has 0 N–H and O–H groups in total. The minimum Gasteiger partial charge on any atom is -0.450 e. The lowest BCUT2D eigenvalue weighted by molar-refractivity contribution is -0.395. The van der Waals surface area contributed by atoms with Crippen LogP contribution in [0.25, 0.3) is 0 Å². The van der Waals surface area contributed by atoms with Gasteiger partial charge in [0, 0.05) is 7.11 Å². The molecule has 3 aliphatic heterocycles. The van der Waals surface area contributed by atoms with Crippen LogP contribution in [-0.4, -0.2) is 138 Å². The van der Waals surface area contributed by atoms with Crippen molar-refractivity contribution >= 4 is 5.97 Å². The molecule has 17 nitrogen and oxygen atoms in total. The fraction of sp³-hybridized carbons (Fsp3) is 0.346. The fourth-order valence-corrected chi connectivity index (χ4v) is 12.1. The van der Waals surface area contributed by atoms with E-state index in [0.29, 0.717) is 0 Å². The Kier molecular flexibility index (Phi) is 28.0. The smallest absolute Gasteiger partial charge is 0.338 e. The number of esters is 1. The first-order chi connectivity index (χ1) is 48.4. The highest BCUT2D eigenvalue weighted by molar-refractivity contribution is 5.89. The SMILES string of the molecule is C=CCOC[C@H]1O[C@H](OC)[C@@H](O[C@H]2O[C@H](COCc3ccccc3)[C@@H](OCc3ccccc3)[C@H](OCc3ccccc3)[C@@H]2OCc2ccccc2)[C@@H](OCC=C)[C@@H]1O[C@H]1O[C@H](COCc2ccccc2)[C@@H](OCc2ccccc2)[C@H](OCc2ccccc2)[C@@H]1OC(=O)c1ccccc1. The molecular weight excluding hydrogens is 1240 g/mol. The molecule has 0 spiro atoms. The van der Waals surface area contributed by atoms with Crippen molar-refractivity contribution in [2.75, 3.05) is 40.1 Å². The molecule has 8 aromatic carbocycles. The molecule has 0 saturated carbocycles. The number of methoxy groups -OCH3 is 1. The molecule has 0 radical (unpaired) electrons. The maximum absolute atomic E-state index is 14.9. The van der Waals surface area contributed by atoms with Crippen LogP contribution in [0.4, 0.5) is 0 Å². The Bertz CT molecular complexity index is 3530. The van der Waals surface area contributed by atoms with Crippen molar-refractivity contribution in [3.63, 3.8) is 0 Å². The van der Waals surface area contributed by atoms with Crippen LogP contribution in [0.1, 0.15) is 49.3 Å². The molecule has 15 atom stereocenters. The molecule has 3 heterocycles. The molecule has 3 fully saturated rings. The van der Waals surface area contributed by atoms with Crippen molar-refractivity contribution in [1.82, 2.24) is 0 Å². The number of hydrogen-bond donors (Lipinski definition) is 0. The summed E-state index contributed by atoms with van der Waals surface area (Å²) in [6, 6.07) is 77.6. The van der Waals surface area contributed by atoms with Crippen LogP contribution in [0.15, 0.2) is 268 Å². The summed E-state index contributed by atoms with van der Waals surface area (Å²) in [5, 5.41) is 0. The summed E-state index contributed by atoms with van der Waals surface area (Å²) in [5.74, 6) is -0.666. The predicted octanol–water partition coefficient (Wildman–Crippen LogP) is 12.9. The standard InChI is InChI=1S/C81H88O17/c1-4-46-84-55-68-71(97-81-77(96-78(82)65-44-28-13-29-45-65)73(91-53-63-40-24-11-25-41-63)70(89-51-61-36-20-9-21-37-61)67(95-81)57-86-49-59-32-16-7-17-33-59)74(87-47-5-2)76(79(83-3)93-68)98-80-75(92-54-64-42-26-12-27-43-64)72(90-52-62-38-22-10-23-39-62)69(88-50-60-34-18-8-19-35-60)66(94-80)56-85-48-58-30-14-6-15-31-58/h4-45,66-77,79-81H,1-2,46-57H2,3H3/t66-,67-,68-,69-,70-,71-,72+,73+,74+,75+,76+,77+,79+,80-,81-/m1/s1. The van der Waals surface area contributed by atoms with Gasteiger partial charge in [-0.05, 0) is 51.1 Å². The van der Waals surface area contributed by atoms with Gasteiger partial charge >= 0.3 is 5.97 Å². The number of hydrogen-bond acceptors (Lipinski definition) is 17. The van der Waals surface area contributed by atoms with E-state index in [1.165, 1.54) is 7.11 Å². The molecule has 0 bridgehead atoms. The molecule has 0 aliphatic carbocycles. The van der Waals surface area contributed by atoms with Gasteiger partial charge < -0.3 is 75.8 Å². The van der Waals surface area contributed by atoms with Crippen LogP contribution in [0.5, 0.6) is 0 Å². The number of carbonyl (C=O) groups excluding carboxylic acids is 1. The van der Waals surface area contributed by atoms with Crippen molar-refractivity contribution in [2.45, 2.75) is 138 Å². The Morgan fingerprint density at radius 1 is 0.327 bits per heavy atom. The quantitative estimate of drug-likeness (QED) is 0.0205. The molecule has 0 unspecified atom stereocenters. The van der Waals surface area contributed by atoms with E-state index >= 15 is 0 Å². The Labute approximate surface area is 574 Å². The zero-order chi connectivity index (χ0) is 67.4. The molecule has 98 heavy (non-hydrogen) atoms. The van der Waals surface area contributed by atoms with E-state index < -0.39 is 98.1 Å². The maximum Gasteiger partial charge on any atom is 0.338 e. The van der Waals surface area contributed by atoms with E-state index in [-0.39, 0.29) is 84.8 Å². The van der Waals surface area contributed by atoms with Crippen LogP contribution >= 0.6 is 0 Å². The second-order valence-corrected chi connectivity index (χ2v) is 24.0. The van der Waals surface area contributed by atoms with Gasteiger partial charge in [0.1, 0.15) is 67.1 Å². The van der Waals surface area contributed by atoms with E-state index in [4.69, 9.17) is 75.8 Å². The highest BCUT2D eigenvalue weighted by atomic mass is 16.8. The largest absolute Gasteiger partial charge is 0.450 e. The minimum absolute atomic E-state index is 0.0110.